The van der Waals surface area contributed by atoms with E-state index in [2.05, 4.69) is 11.0 Å². The Labute approximate surface area is 208 Å². The van der Waals surface area contributed by atoms with Crippen LogP contribution in [0.2, 0.25) is 0 Å². The molecule has 0 bridgehead atoms. The van der Waals surface area contributed by atoms with E-state index in [9.17, 15) is 9.59 Å². The first kappa shape index (κ1) is 23.9. The van der Waals surface area contributed by atoms with Crippen LogP contribution in [0, 0.1) is 5.92 Å². The van der Waals surface area contributed by atoms with Crippen LogP contribution in [0.15, 0.2) is 36.4 Å². The molecule has 2 aromatic carbocycles. The number of anilines is 1. The minimum atomic E-state index is 0.226. The Morgan fingerprint density at radius 3 is 2.43 bits per heavy atom. The number of carbonyl (C=O) groups excluding carboxylic acids is 2. The van der Waals surface area contributed by atoms with Gasteiger partial charge >= 0.3 is 0 Å². The normalized spacial score (nSPS) is 18.0. The molecule has 0 radical (unpaired) electrons. The van der Waals surface area contributed by atoms with Crippen LogP contribution in [-0.4, -0.2) is 56.0 Å². The summed E-state index contributed by atoms with van der Waals surface area (Å²) < 4.78 is 11.6. The molecule has 6 nitrogen and oxygen atoms in total. The number of benzene rings is 2. The third kappa shape index (κ3) is 5.37. The summed E-state index contributed by atoms with van der Waals surface area (Å²) in [6.45, 7) is 7.04. The van der Waals surface area contributed by atoms with Crippen LogP contribution in [0.4, 0.5) is 5.69 Å². The first-order valence-corrected chi connectivity index (χ1v) is 13.2. The van der Waals surface area contributed by atoms with E-state index in [1.54, 1.807) is 0 Å². The van der Waals surface area contributed by atoms with Crippen LogP contribution < -0.4 is 14.4 Å². The van der Waals surface area contributed by atoms with E-state index in [-0.39, 0.29) is 11.7 Å². The van der Waals surface area contributed by atoms with Crippen LogP contribution >= 0.6 is 0 Å². The summed E-state index contributed by atoms with van der Waals surface area (Å²) in [5.74, 6) is 2.70. The van der Waals surface area contributed by atoms with Gasteiger partial charge in [-0.05, 0) is 93.4 Å². The fourth-order valence-corrected chi connectivity index (χ4v) is 5.73. The number of aryl methyl sites for hydroxylation is 1. The van der Waals surface area contributed by atoms with Gasteiger partial charge in [-0.25, -0.2) is 0 Å². The van der Waals surface area contributed by atoms with Crippen LogP contribution in [0.5, 0.6) is 11.5 Å². The highest BCUT2D eigenvalue weighted by Crippen LogP contribution is 2.38. The zero-order valence-corrected chi connectivity index (χ0v) is 20.8. The van der Waals surface area contributed by atoms with Gasteiger partial charge in [0.25, 0.3) is 0 Å². The van der Waals surface area contributed by atoms with E-state index in [1.807, 2.05) is 42.2 Å². The zero-order chi connectivity index (χ0) is 24.2. The number of hydrogen-bond acceptors (Lipinski definition) is 5. The van der Waals surface area contributed by atoms with E-state index < -0.39 is 0 Å². The number of likely N-dealkylation sites (tertiary alicyclic amines) is 1. The largest absolute Gasteiger partial charge is 0.490 e. The molecule has 1 fully saturated rings. The smallest absolute Gasteiger partial charge is 0.227 e. The standard InChI is InChI=1S/C29H36N2O4/c1-2-34-26-5-3-4-6-27(26)35-18-17-30-14-11-21(12-15-30)7-9-25(32)24-19-22-8-10-28(33)31-16-13-23(20-24)29(22)31/h3-6,19-21H,2,7-18H2,1H3. The van der Waals surface area contributed by atoms with Crippen molar-refractivity contribution in [3.63, 3.8) is 0 Å². The van der Waals surface area contributed by atoms with Crippen molar-refractivity contribution in [1.82, 2.24) is 4.90 Å². The molecule has 0 atom stereocenters. The number of ether oxygens (including phenoxy) is 2. The highest BCUT2D eigenvalue weighted by Gasteiger charge is 2.32. The zero-order valence-electron chi connectivity index (χ0n) is 20.8. The second kappa shape index (κ2) is 10.8. The number of amides is 1. The Morgan fingerprint density at radius 1 is 0.971 bits per heavy atom. The number of Topliss-reactive ketones (excluding diaryl/α,β-unsaturated/α-hetero) is 1. The Hall–Kier alpha value is -2.86. The number of nitrogens with zero attached hydrogens (tertiary/aromatic N) is 2. The third-order valence-electron chi connectivity index (χ3n) is 7.67. The first-order chi connectivity index (χ1) is 17.1. The lowest BCUT2D eigenvalue weighted by Crippen LogP contribution is -2.36. The fraction of sp³-hybridized carbons (Fsp3) is 0.517. The SMILES string of the molecule is CCOc1ccccc1OCCN1CCC(CCC(=O)c2cc3c4c(c2)CCN4C(=O)CC3)CC1. The summed E-state index contributed by atoms with van der Waals surface area (Å²) in [5.41, 5.74) is 4.30. The molecule has 3 aliphatic rings. The lowest BCUT2D eigenvalue weighted by Gasteiger charge is -2.31. The maximum Gasteiger partial charge on any atom is 0.227 e. The van der Waals surface area contributed by atoms with Crippen molar-refractivity contribution >= 4 is 17.4 Å². The molecular formula is C29H36N2O4. The summed E-state index contributed by atoms with van der Waals surface area (Å²) in [7, 11) is 0. The molecule has 1 saturated heterocycles. The topological polar surface area (TPSA) is 59.1 Å². The van der Waals surface area contributed by atoms with Gasteiger partial charge in [0.1, 0.15) is 6.61 Å². The van der Waals surface area contributed by atoms with Crippen LogP contribution in [0.25, 0.3) is 0 Å². The van der Waals surface area contributed by atoms with E-state index in [1.165, 1.54) is 11.1 Å². The Morgan fingerprint density at radius 2 is 1.69 bits per heavy atom. The number of para-hydroxylation sites is 2. The van der Waals surface area contributed by atoms with Gasteiger partial charge in [0.05, 0.1) is 12.3 Å². The summed E-state index contributed by atoms with van der Waals surface area (Å²) in [6, 6.07) is 11.9. The molecule has 0 N–H and O–H groups in total. The lowest BCUT2D eigenvalue weighted by atomic mass is 9.89. The molecule has 0 aliphatic carbocycles. The number of rotatable bonds is 10. The van der Waals surface area contributed by atoms with Gasteiger partial charge < -0.3 is 14.4 Å². The van der Waals surface area contributed by atoms with Crippen molar-refractivity contribution in [2.24, 2.45) is 5.92 Å². The average molecular weight is 477 g/mol. The van der Waals surface area contributed by atoms with E-state index in [4.69, 9.17) is 9.47 Å². The maximum absolute atomic E-state index is 13.0. The monoisotopic (exact) mass is 476 g/mol. The van der Waals surface area contributed by atoms with E-state index in [0.29, 0.717) is 32.0 Å². The number of hydrogen-bond donors (Lipinski definition) is 0. The molecule has 5 rings (SSSR count). The average Bonchev–Trinajstić information content (AvgIpc) is 3.32. The maximum atomic E-state index is 13.0. The number of ketones is 1. The minimum absolute atomic E-state index is 0.226. The summed E-state index contributed by atoms with van der Waals surface area (Å²) in [6.07, 6.45) is 6.04. The van der Waals surface area contributed by atoms with Crippen molar-refractivity contribution in [2.75, 3.05) is 44.3 Å². The Kier molecular flexibility index (Phi) is 7.37. The number of piperidine rings is 1. The van der Waals surface area contributed by atoms with Gasteiger partial charge in [-0.15, -0.1) is 0 Å². The second-order valence-corrected chi connectivity index (χ2v) is 9.91. The van der Waals surface area contributed by atoms with Gasteiger partial charge in [0.2, 0.25) is 5.91 Å². The van der Waals surface area contributed by atoms with Crippen molar-refractivity contribution < 1.29 is 19.1 Å². The van der Waals surface area contributed by atoms with Crippen LogP contribution in [-0.2, 0) is 17.6 Å². The lowest BCUT2D eigenvalue weighted by molar-refractivity contribution is -0.118. The molecule has 3 heterocycles. The van der Waals surface area contributed by atoms with Gasteiger partial charge in [0, 0.05) is 31.5 Å². The first-order valence-electron chi connectivity index (χ1n) is 13.2. The summed E-state index contributed by atoms with van der Waals surface area (Å²) >= 11 is 0. The molecule has 186 valence electrons. The van der Waals surface area contributed by atoms with Gasteiger partial charge in [-0.3, -0.25) is 14.5 Å². The summed E-state index contributed by atoms with van der Waals surface area (Å²) in [4.78, 5) is 29.5. The predicted octanol–water partition coefficient (Wildman–Crippen LogP) is 4.67. The molecule has 0 aromatic heterocycles. The van der Waals surface area contributed by atoms with Crippen LogP contribution in [0.1, 0.15) is 60.5 Å². The molecule has 0 spiro atoms. The molecule has 2 aromatic rings. The molecule has 0 saturated carbocycles. The van der Waals surface area contributed by atoms with E-state index in [0.717, 1.165) is 81.0 Å². The Bertz CT molecular complexity index is 1070. The van der Waals surface area contributed by atoms with Gasteiger partial charge in [0.15, 0.2) is 17.3 Å². The Balaban J connectivity index is 1.06. The fourth-order valence-electron chi connectivity index (χ4n) is 5.73. The molecule has 3 aliphatic heterocycles. The van der Waals surface area contributed by atoms with Crippen molar-refractivity contribution in [3.8, 4) is 11.5 Å². The van der Waals surface area contributed by atoms with Gasteiger partial charge in [-0.1, -0.05) is 12.1 Å². The number of carbonyl (C=O) groups is 2. The van der Waals surface area contributed by atoms with Crippen molar-refractivity contribution in [2.45, 2.75) is 51.9 Å². The molecular weight excluding hydrogens is 440 g/mol. The molecule has 6 heteroatoms. The third-order valence-corrected chi connectivity index (χ3v) is 7.67. The van der Waals surface area contributed by atoms with Crippen molar-refractivity contribution in [3.05, 3.63) is 53.1 Å². The van der Waals surface area contributed by atoms with Crippen molar-refractivity contribution in [1.29, 1.82) is 0 Å². The predicted molar refractivity (Wildman–Crippen MR) is 137 cm³/mol. The quantitative estimate of drug-likeness (QED) is 0.466. The summed E-state index contributed by atoms with van der Waals surface area (Å²) in [5, 5.41) is 0. The second-order valence-electron chi connectivity index (χ2n) is 9.91. The minimum Gasteiger partial charge on any atom is -0.490 e. The molecule has 0 unspecified atom stereocenters. The van der Waals surface area contributed by atoms with Crippen LogP contribution in [0.3, 0.4) is 0 Å². The van der Waals surface area contributed by atoms with E-state index >= 15 is 0 Å². The molecule has 35 heavy (non-hydrogen) atoms. The van der Waals surface area contributed by atoms with Gasteiger partial charge in [-0.2, -0.15) is 0 Å². The molecule has 1 amide bonds. The highest BCUT2D eigenvalue weighted by atomic mass is 16.5. The highest BCUT2D eigenvalue weighted by molar-refractivity contribution is 6.02.